The Bertz CT molecular complexity index is 1180. The summed E-state index contributed by atoms with van der Waals surface area (Å²) in [5, 5.41) is 2.49. The van der Waals surface area contributed by atoms with E-state index in [0.29, 0.717) is 21.9 Å². The summed E-state index contributed by atoms with van der Waals surface area (Å²) in [5.41, 5.74) is 3.96. The molecular weight excluding hydrogens is 482 g/mol. The number of carbonyl (C=O) groups excluding carboxylic acids is 1. The van der Waals surface area contributed by atoms with Crippen LogP contribution in [0.1, 0.15) is 38.4 Å². The number of pyridine rings is 1. The average Bonchev–Trinajstić information content (AvgIpc) is 3.29. The minimum Gasteiger partial charge on any atom is -0.497 e. The Hall–Kier alpha value is -3.07. The van der Waals surface area contributed by atoms with Gasteiger partial charge in [-0.2, -0.15) is 0 Å². The second kappa shape index (κ2) is 14.6. The molecule has 0 bridgehead atoms. The molecule has 37 heavy (non-hydrogen) atoms. The third-order valence-electron chi connectivity index (χ3n) is 5.81. The van der Waals surface area contributed by atoms with Crippen LogP contribution in [0.5, 0.6) is 5.75 Å². The third kappa shape index (κ3) is 8.77. The van der Waals surface area contributed by atoms with Crippen LogP contribution in [0.15, 0.2) is 73.2 Å². The smallest absolute Gasteiger partial charge is 0.211 e. The van der Waals surface area contributed by atoms with Crippen LogP contribution in [0.25, 0.3) is 16.8 Å². The number of allylic oxidation sites excluding steroid dienone is 1. The van der Waals surface area contributed by atoms with Crippen LogP contribution in [0, 0.1) is 0 Å². The van der Waals surface area contributed by atoms with Gasteiger partial charge in [0.15, 0.2) is 0 Å². The number of nitrogens with zero attached hydrogens (tertiary/aromatic N) is 4. The van der Waals surface area contributed by atoms with Crippen molar-refractivity contribution < 1.29 is 13.4 Å². The van der Waals surface area contributed by atoms with Crippen LogP contribution < -0.4 is 10.1 Å². The lowest BCUT2D eigenvalue weighted by molar-refractivity contribution is -0.687. The van der Waals surface area contributed by atoms with E-state index in [1.807, 2.05) is 40.1 Å². The molecule has 200 valence electrons. The normalized spacial score (nSPS) is 16.1. The first kappa shape index (κ1) is 30.2. The number of fused-ring (bicyclic) bond motifs is 1. The Morgan fingerprint density at radius 3 is 2.62 bits per heavy atom. The number of piperidine rings is 1. The van der Waals surface area contributed by atoms with Crippen molar-refractivity contribution in [3.05, 3.63) is 79.0 Å². The Balaban J connectivity index is 0.000000315. The third-order valence-corrected chi connectivity index (χ3v) is 5.92. The fourth-order valence-corrected chi connectivity index (χ4v) is 4.39. The number of methoxy groups -OCH3 is 1. The van der Waals surface area contributed by atoms with E-state index in [2.05, 4.69) is 77.6 Å². The lowest BCUT2D eigenvalue weighted by Crippen LogP contribution is -2.31. The minimum absolute atomic E-state index is 0.349. The van der Waals surface area contributed by atoms with E-state index in [0.717, 1.165) is 29.1 Å². The maximum atomic E-state index is 10.0. The van der Waals surface area contributed by atoms with Gasteiger partial charge in [-0.05, 0) is 56.8 Å². The lowest BCUT2D eigenvalue weighted by Gasteiger charge is -2.28. The number of ether oxygens (including phenoxy) is 1. The molecule has 8 heteroatoms. The lowest BCUT2D eigenvalue weighted by atomic mass is 9.98. The maximum Gasteiger partial charge on any atom is 0.211 e. The molecule has 0 spiro atoms. The summed E-state index contributed by atoms with van der Waals surface area (Å²) >= 11 is 4.20. The maximum absolute atomic E-state index is 10.0. The van der Waals surface area contributed by atoms with Crippen LogP contribution >= 0.6 is 12.8 Å². The van der Waals surface area contributed by atoms with Crippen molar-refractivity contribution >= 4 is 24.7 Å². The van der Waals surface area contributed by atoms with Crippen LogP contribution in [0.2, 0.25) is 0 Å². The fraction of sp³-hybridized carbons (Fsp3) is 0.379. The predicted octanol–water partition coefficient (Wildman–Crippen LogP) is 5.53. The van der Waals surface area contributed by atoms with Gasteiger partial charge < -0.3 is 19.4 Å². The summed E-state index contributed by atoms with van der Waals surface area (Å²) in [6, 6.07) is 14.5. The molecule has 2 aromatic heterocycles. The number of nitrogens with one attached hydrogen (secondary N) is 1. The zero-order chi connectivity index (χ0) is 27.4. The quantitative estimate of drug-likeness (QED) is 0.185. The summed E-state index contributed by atoms with van der Waals surface area (Å²) in [6.45, 7) is 9.79. The van der Waals surface area contributed by atoms with Crippen LogP contribution in [-0.4, -0.2) is 65.9 Å². The highest BCUT2D eigenvalue weighted by Gasteiger charge is 2.24. The monoisotopic (exact) mass is 524 g/mol. The van der Waals surface area contributed by atoms with Crippen LogP contribution in [0.3, 0.4) is 0 Å². The highest BCUT2D eigenvalue weighted by Crippen LogP contribution is 2.32. The van der Waals surface area contributed by atoms with Gasteiger partial charge in [0.1, 0.15) is 17.8 Å². The summed E-state index contributed by atoms with van der Waals surface area (Å²) in [7, 11) is 7.62. The van der Waals surface area contributed by atoms with Crippen LogP contribution in [-0.2, 0) is 4.79 Å². The number of aromatic nitrogens is 2. The SMILES string of the molecule is C=C/C(=C\[N+](C)(C)S)NC=O.CC.COc1cccc(-c2nc(C3CCCN(C)C3)n3ccccc23)c1. The highest BCUT2D eigenvalue weighted by molar-refractivity contribution is 7.74. The molecule has 1 N–H and O–H groups in total. The molecule has 1 amide bonds. The zero-order valence-corrected chi connectivity index (χ0v) is 23.9. The van der Waals surface area contributed by atoms with E-state index in [1.54, 1.807) is 19.4 Å². The molecule has 7 nitrogen and oxygen atoms in total. The van der Waals surface area contributed by atoms with Crippen molar-refractivity contribution in [3.63, 3.8) is 0 Å². The number of likely N-dealkylation sites (N-methyl/N-ethyl adjacent to an activating group) is 1. The van der Waals surface area contributed by atoms with Crippen molar-refractivity contribution in [2.75, 3.05) is 41.3 Å². The molecule has 1 saturated heterocycles. The number of imidazole rings is 1. The number of rotatable bonds is 7. The van der Waals surface area contributed by atoms with Crippen molar-refractivity contribution in [3.8, 4) is 17.0 Å². The standard InChI is InChI=1S/C20H23N3O.C7H12N2OS.C2H6/c1-22-11-6-8-16(14-22)20-21-19(18-10-3-4-12-23(18)20)15-7-5-9-17(13-15)24-2;1-4-7(8-6-10)5-9(2,3)11;1-2/h3-5,7,9-10,12-13,16H,6,8,11,14H2,1-2H3;4-6,11H,1H2,2-3H3;1-2H3/p+1/b;7-5+;. The molecule has 4 rings (SSSR count). The Morgan fingerprint density at radius 2 is 2.00 bits per heavy atom. The number of thiol groups is 1. The molecule has 1 unspecified atom stereocenters. The van der Waals surface area contributed by atoms with Crippen molar-refractivity contribution in [2.24, 2.45) is 0 Å². The molecule has 1 fully saturated rings. The molecule has 1 aromatic carbocycles. The van der Waals surface area contributed by atoms with E-state index in [-0.39, 0.29) is 0 Å². The van der Waals surface area contributed by atoms with E-state index in [1.165, 1.54) is 25.2 Å². The number of quaternary nitrogens is 1. The molecule has 3 heterocycles. The summed E-state index contributed by atoms with van der Waals surface area (Å²) in [5.74, 6) is 2.52. The first-order valence-corrected chi connectivity index (χ1v) is 13.1. The number of likely N-dealkylation sites (tertiary alicyclic amines) is 1. The Morgan fingerprint density at radius 1 is 1.24 bits per heavy atom. The van der Waals surface area contributed by atoms with E-state index in [9.17, 15) is 4.79 Å². The highest BCUT2D eigenvalue weighted by atomic mass is 32.1. The number of hydrogen-bond donors (Lipinski definition) is 2. The first-order valence-electron chi connectivity index (χ1n) is 12.7. The second-order valence-corrected chi connectivity index (χ2v) is 10.2. The zero-order valence-electron chi connectivity index (χ0n) is 23.0. The topological polar surface area (TPSA) is 58.9 Å². The Kier molecular flexibility index (Phi) is 11.9. The number of amides is 1. The molecule has 0 saturated carbocycles. The molecule has 1 atom stereocenters. The number of benzene rings is 1. The molecular formula is C29H42N5O2S+. The van der Waals surface area contributed by atoms with Crippen LogP contribution in [0.4, 0.5) is 0 Å². The van der Waals surface area contributed by atoms with Crippen molar-refractivity contribution in [1.82, 2.24) is 19.6 Å². The molecule has 1 aliphatic heterocycles. The van der Waals surface area contributed by atoms with Gasteiger partial charge >= 0.3 is 0 Å². The minimum atomic E-state index is 0.349. The van der Waals surface area contributed by atoms with Gasteiger partial charge in [-0.15, -0.1) is 0 Å². The average molecular weight is 525 g/mol. The Labute approximate surface area is 227 Å². The van der Waals surface area contributed by atoms with Gasteiger partial charge in [0, 0.05) is 24.2 Å². The van der Waals surface area contributed by atoms with E-state index >= 15 is 0 Å². The number of carbonyl (C=O) groups is 1. The van der Waals surface area contributed by atoms with Gasteiger partial charge in [0.2, 0.25) is 6.41 Å². The molecule has 0 aliphatic carbocycles. The first-order chi connectivity index (χ1) is 17.8. The molecule has 3 aromatic rings. The fourth-order valence-electron chi connectivity index (χ4n) is 4.27. The second-order valence-electron chi connectivity index (χ2n) is 9.14. The van der Waals surface area contributed by atoms with E-state index < -0.39 is 0 Å². The van der Waals surface area contributed by atoms with E-state index in [4.69, 9.17) is 9.72 Å². The van der Waals surface area contributed by atoms with Crippen molar-refractivity contribution in [2.45, 2.75) is 32.6 Å². The molecule has 0 radical (unpaired) electrons. The largest absolute Gasteiger partial charge is 0.497 e. The molecule has 1 aliphatic rings. The van der Waals surface area contributed by atoms with Crippen molar-refractivity contribution in [1.29, 1.82) is 0 Å². The summed E-state index contributed by atoms with van der Waals surface area (Å²) in [4.78, 5) is 17.5. The van der Waals surface area contributed by atoms with Gasteiger partial charge in [-0.3, -0.25) is 4.79 Å². The van der Waals surface area contributed by atoms with Gasteiger partial charge in [-0.25, -0.2) is 8.87 Å². The predicted molar refractivity (Wildman–Crippen MR) is 157 cm³/mol. The summed E-state index contributed by atoms with van der Waals surface area (Å²) in [6.07, 6.45) is 8.50. The van der Waals surface area contributed by atoms with Gasteiger partial charge in [0.25, 0.3) is 0 Å². The van der Waals surface area contributed by atoms with Gasteiger partial charge in [-0.1, -0.05) is 38.6 Å². The number of hydrogen-bond acceptors (Lipinski definition) is 5. The summed E-state index contributed by atoms with van der Waals surface area (Å²) < 4.78 is 8.00. The van der Waals surface area contributed by atoms with Gasteiger partial charge in [0.05, 0.1) is 50.9 Å².